The fourth-order valence-corrected chi connectivity index (χ4v) is 3.48. The molecule has 2 heterocycles. The first-order valence-electron chi connectivity index (χ1n) is 6.19. The Bertz CT molecular complexity index is 698. The van der Waals surface area contributed by atoms with Crippen molar-refractivity contribution in [1.29, 1.82) is 0 Å². The number of benzene rings is 1. The van der Waals surface area contributed by atoms with Crippen molar-refractivity contribution < 1.29 is 27.5 Å². The van der Waals surface area contributed by atoms with Gasteiger partial charge < -0.3 is 9.47 Å². The Balaban J connectivity index is 1.94. The van der Waals surface area contributed by atoms with Gasteiger partial charge in [0.2, 0.25) is 21.8 Å². The van der Waals surface area contributed by atoms with E-state index < -0.39 is 21.8 Å². The third-order valence-electron chi connectivity index (χ3n) is 3.07. The number of carbonyl (C=O) groups is 2. The molecule has 1 saturated heterocycles. The molecule has 1 fully saturated rings. The number of nitrogens with one attached hydrogen (secondary N) is 1. The molecule has 0 bridgehead atoms. The van der Waals surface area contributed by atoms with Crippen LogP contribution < -0.4 is 14.8 Å². The minimum Gasteiger partial charge on any atom is -0.486 e. The number of hydrogen-bond donors (Lipinski definition) is 1. The van der Waals surface area contributed by atoms with Crippen molar-refractivity contribution in [3.05, 3.63) is 18.2 Å². The second-order valence-electron chi connectivity index (χ2n) is 4.55. The number of carbonyl (C=O) groups excluding carboxylic acids is 2. The molecule has 0 saturated carbocycles. The van der Waals surface area contributed by atoms with E-state index in [0.29, 0.717) is 24.7 Å². The van der Waals surface area contributed by atoms with Gasteiger partial charge in [-0.2, -0.15) is 4.31 Å². The van der Waals surface area contributed by atoms with Crippen LogP contribution in [0.25, 0.3) is 0 Å². The number of imide groups is 1. The van der Waals surface area contributed by atoms with E-state index in [9.17, 15) is 18.0 Å². The quantitative estimate of drug-likeness (QED) is 0.711. The van der Waals surface area contributed by atoms with Gasteiger partial charge in [0.15, 0.2) is 11.5 Å². The standard InChI is InChI=1S/C12H12N2O6S/c15-11-6-14(7-12(16)13-11)21(17,18)8-1-2-9-10(5-8)20-4-3-19-9/h1-2,5H,3-4,6-7H2,(H,13,15,16). The maximum atomic E-state index is 12.5. The molecule has 2 aliphatic heterocycles. The number of amides is 2. The fourth-order valence-electron chi connectivity index (χ4n) is 2.11. The molecular formula is C12H12N2O6S. The van der Waals surface area contributed by atoms with E-state index in [0.717, 1.165) is 4.31 Å². The summed E-state index contributed by atoms with van der Waals surface area (Å²) in [4.78, 5) is 22.6. The lowest BCUT2D eigenvalue weighted by Crippen LogP contribution is -2.53. The predicted molar refractivity (Wildman–Crippen MR) is 69.3 cm³/mol. The fraction of sp³-hybridized carbons (Fsp3) is 0.333. The van der Waals surface area contributed by atoms with E-state index in [2.05, 4.69) is 5.32 Å². The smallest absolute Gasteiger partial charge is 0.244 e. The zero-order valence-corrected chi connectivity index (χ0v) is 11.7. The second kappa shape index (κ2) is 5.01. The molecule has 0 aromatic heterocycles. The van der Waals surface area contributed by atoms with Crippen LogP contribution in [-0.2, 0) is 19.6 Å². The number of nitrogens with zero attached hydrogens (tertiary/aromatic N) is 1. The Morgan fingerprint density at radius 1 is 1.00 bits per heavy atom. The molecule has 0 unspecified atom stereocenters. The van der Waals surface area contributed by atoms with Crippen molar-refractivity contribution in [3.8, 4) is 11.5 Å². The summed E-state index contributed by atoms with van der Waals surface area (Å²) in [7, 11) is -3.95. The summed E-state index contributed by atoms with van der Waals surface area (Å²) in [5.41, 5.74) is 0. The highest BCUT2D eigenvalue weighted by atomic mass is 32.2. The van der Waals surface area contributed by atoms with Crippen molar-refractivity contribution in [2.24, 2.45) is 0 Å². The van der Waals surface area contributed by atoms with Crippen LogP contribution in [0.4, 0.5) is 0 Å². The molecule has 0 atom stereocenters. The molecule has 9 heteroatoms. The highest BCUT2D eigenvalue weighted by Crippen LogP contribution is 2.33. The third kappa shape index (κ3) is 2.57. The molecule has 1 N–H and O–H groups in total. The lowest BCUT2D eigenvalue weighted by Gasteiger charge is -2.25. The van der Waals surface area contributed by atoms with Crippen LogP contribution in [0, 0.1) is 0 Å². The van der Waals surface area contributed by atoms with Crippen molar-refractivity contribution in [3.63, 3.8) is 0 Å². The zero-order chi connectivity index (χ0) is 15.0. The molecule has 0 aliphatic carbocycles. The van der Waals surface area contributed by atoms with Crippen LogP contribution in [0.3, 0.4) is 0 Å². The Hall–Kier alpha value is -2.13. The highest BCUT2D eigenvalue weighted by Gasteiger charge is 2.33. The van der Waals surface area contributed by atoms with Crippen molar-refractivity contribution in [2.45, 2.75) is 4.90 Å². The first-order chi connectivity index (χ1) is 9.96. The lowest BCUT2D eigenvalue weighted by atomic mass is 10.3. The van der Waals surface area contributed by atoms with Crippen molar-refractivity contribution in [2.75, 3.05) is 26.3 Å². The number of hydrogen-bond acceptors (Lipinski definition) is 6. The van der Waals surface area contributed by atoms with Gasteiger partial charge in [0.25, 0.3) is 0 Å². The number of sulfonamides is 1. The largest absolute Gasteiger partial charge is 0.486 e. The summed E-state index contributed by atoms with van der Waals surface area (Å²) in [6, 6.07) is 4.19. The molecule has 3 rings (SSSR count). The second-order valence-corrected chi connectivity index (χ2v) is 6.49. The van der Waals surface area contributed by atoms with Crippen molar-refractivity contribution >= 4 is 21.8 Å². The number of fused-ring (bicyclic) bond motifs is 1. The third-order valence-corrected chi connectivity index (χ3v) is 4.86. The van der Waals surface area contributed by atoms with Gasteiger partial charge in [-0.05, 0) is 12.1 Å². The molecule has 2 amide bonds. The zero-order valence-electron chi connectivity index (χ0n) is 10.9. The van der Waals surface area contributed by atoms with Gasteiger partial charge in [-0.1, -0.05) is 0 Å². The highest BCUT2D eigenvalue weighted by molar-refractivity contribution is 7.89. The summed E-state index contributed by atoms with van der Waals surface area (Å²) in [5.74, 6) is -0.498. The summed E-state index contributed by atoms with van der Waals surface area (Å²) >= 11 is 0. The lowest BCUT2D eigenvalue weighted by molar-refractivity contribution is -0.134. The molecule has 21 heavy (non-hydrogen) atoms. The Morgan fingerprint density at radius 3 is 2.29 bits per heavy atom. The first kappa shape index (κ1) is 13.8. The Kier molecular flexibility index (Phi) is 3.30. The molecule has 2 aliphatic rings. The van der Waals surface area contributed by atoms with Crippen molar-refractivity contribution in [1.82, 2.24) is 9.62 Å². The van der Waals surface area contributed by atoms with E-state index in [1.54, 1.807) is 0 Å². The monoisotopic (exact) mass is 312 g/mol. The Morgan fingerprint density at radius 2 is 1.62 bits per heavy atom. The van der Waals surface area contributed by atoms with Gasteiger partial charge in [-0.15, -0.1) is 0 Å². The van der Waals surface area contributed by atoms with Gasteiger partial charge in [0.05, 0.1) is 18.0 Å². The molecular weight excluding hydrogens is 300 g/mol. The number of ether oxygens (including phenoxy) is 2. The molecule has 0 radical (unpaired) electrons. The minimum atomic E-state index is -3.95. The number of piperazine rings is 1. The van der Waals surface area contributed by atoms with Crippen LogP contribution in [0.2, 0.25) is 0 Å². The van der Waals surface area contributed by atoms with Crippen LogP contribution >= 0.6 is 0 Å². The first-order valence-corrected chi connectivity index (χ1v) is 7.63. The van der Waals surface area contributed by atoms with E-state index >= 15 is 0 Å². The van der Waals surface area contributed by atoms with Crippen LogP contribution in [-0.4, -0.2) is 50.8 Å². The summed E-state index contributed by atoms with van der Waals surface area (Å²) in [6.07, 6.45) is 0. The van der Waals surface area contributed by atoms with Crippen LogP contribution in [0.5, 0.6) is 11.5 Å². The van der Waals surface area contributed by atoms with Gasteiger partial charge in [-0.3, -0.25) is 14.9 Å². The number of rotatable bonds is 2. The van der Waals surface area contributed by atoms with Gasteiger partial charge in [0.1, 0.15) is 13.2 Å². The van der Waals surface area contributed by atoms with Gasteiger partial charge >= 0.3 is 0 Å². The maximum Gasteiger partial charge on any atom is 0.244 e. The van der Waals surface area contributed by atoms with E-state index in [-0.39, 0.29) is 18.0 Å². The summed E-state index contributed by atoms with van der Waals surface area (Å²) in [6.45, 7) is -0.0357. The van der Waals surface area contributed by atoms with Gasteiger partial charge in [-0.25, -0.2) is 8.42 Å². The topological polar surface area (TPSA) is 102 Å². The van der Waals surface area contributed by atoms with E-state index in [1.165, 1.54) is 18.2 Å². The van der Waals surface area contributed by atoms with Crippen LogP contribution in [0.15, 0.2) is 23.1 Å². The average Bonchev–Trinajstić information content (AvgIpc) is 2.45. The summed E-state index contributed by atoms with van der Waals surface area (Å²) < 4.78 is 36.4. The Labute approximate surface area is 120 Å². The van der Waals surface area contributed by atoms with Gasteiger partial charge in [0, 0.05) is 6.07 Å². The van der Waals surface area contributed by atoms with E-state index in [4.69, 9.17) is 9.47 Å². The summed E-state index contributed by atoms with van der Waals surface area (Å²) in [5, 5.41) is 2.05. The minimum absolute atomic E-state index is 0.0470. The predicted octanol–water partition coefficient (Wildman–Crippen LogP) is -0.895. The van der Waals surface area contributed by atoms with E-state index in [1.807, 2.05) is 0 Å². The molecule has 1 aromatic rings. The average molecular weight is 312 g/mol. The molecule has 112 valence electrons. The maximum absolute atomic E-state index is 12.5. The molecule has 8 nitrogen and oxygen atoms in total. The van der Waals surface area contributed by atoms with Crippen LogP contribution in [0.1, 0.15) is 0 Å². The molecule has 0 spiro atoms. The molecule has 1 aromatic carbocycles. The normalized spacial score (nSPS) is 19.2. The SMILES string of the molecule is O=C1CN(S(=O)(=O)c2ccc3c(c2)OCCO3)CC(=O)N1.